The minimum Gasteiger partial charge on any atom is -0.0914 e. The molecule has 0 bridgehead atoms. The van der Waals surface area contributed by atoms with E-state index in [1.807, 2.05) is 0 Å². The van der Waals surface area contributed by atoms with Gasteiger partial charge >= 0.3 is 0 Å². The Hall–Kier alpha value is -0.260. The van der Waals surface area contributed by atoms with Gasteiger partial charge in [-0.05, 0) is 31.6 Å². The van der Waals surface area contributed by atoms with Gasteiger partial charge in [0, 0.05) is 0 Å². The summed E-state index contributed by atoms with van der Waals surface area (Å²) in [6.45, 7) is 4.49. The van der Waals surface area contributed by atoms with Crippen molar-refractivity contribution in [1.29, 1.82) is 0 Å². The molecule has 58 valence electrons. The van der Waals surface area contributed by atoms with Gasteiger partial charge in [-0.25, -0.2) is 0 Å². The van der Waals surface area contributed by atoms with Crippen molar-refractivity contribution in [2.75, 3.05) is 0 Å². The summed E-state index contributed by atoms with van der Waals surface area (Å²) >= 11 is 0. The number of hydrogen-bond acceptors (Lipinski definition) is 0. The molecule has 0 heteroatoms. The fourth-order valence-corrected chi connectivity index (χ4v) is 1.93. The van der Waals surface area contributed by atoms with Crippen molar-refractivity contribution >= 4 is 0 Å². The molecule has 1 aliphatic rings. The van der Waals surface area contributed by atoms with Crippen molar-refractivity contribution in [3.8, 4) is 0 Å². The average Bonchev–Trinajstić information content (AvgIpc) is 1.88. The highest BCUT2D eigenvalue weighted by Crippen LogP contribution is 2.29. The molecule has 1 aliphatic carbocycles. The molecule has 0 N–H and O–H groups in total. The molecule has 0 saturated heterocycles. The van der Waals surface area contributed by atoms with Gasteiger partial charge in [-0.15, -0.1) is 0 Å². The van der Waals surface area contributed by atoms with Crippen LogP contribution in [0.5, 0.6) is 0 Å². The normalized spacial score (nSPS) is 35.0. The summed E-state index contributed by atoms with van der Waals surface area (Å²) in [6, 6.07) is 0. The van der Waals surface area contributed by atoms with E-state index >= 15 is 0 Å². The van der Waals surface area contributed by atoms with Crippen LogP contribution in [0.25, 0.3) is 0 Å². The summed E-state index contributed by atoms with van der Waals surface area (Å²) in [5, 5.41) is 0. The first-order chi connectivity index (χ1) is 4.83. The van der Waals surface area contributed by atoms with Crippen molar-refractivity contribution < 1.29 is 0 Å². The molecule has 1 rings (SSSR count). The Morgan fingerprint density at radius 3 is 2.70 bits per heavy atom. The van der Waals surface area contributed by atoms with E-state index in [-0.39, 0.29) is 0 Å². The SMILES string of the molecule is C/C=C\C1CCCC(C)C1. The van der Waals surface area contributed by atoms with E-state index in [0.29, 0.717) is 0 Å². The second-order valence-electron chi connectivity index (χ2n) is 3.56. The van der Waals surface area contributed by atoms with Gasteiger partial charge in [0.1, 0.15) is 0 Å². The minimum atomic E-state index is 0.897. The molecule has 0 heterocycles. The van der Waals surface area contributed by atoms with Gasteiger partial charge in [-0.2, -0.15) is 0 Å². The second-order valence-corrected chi connectivity index (χ2v) is 3.56. The lowest BCUT2D eigenvalue weighted by Gasteiger charge is -2.23. The summed E-state index contributed by atoms with van der Waals surface area (Å²) < 4.78 is 0. The molecule has 0 amide bonds. The van der Waals surface area contributed by atoms with Crippen molar-refractivity contribution in [3.63, 3.8) is 0 Å². The third-order valence-electron chi connectivity index (χ3n) is 2.44. The quantitative estimate of drug-likeness (QED) is 0.487. The molecule has 0 aliphatic heterocycles. The van der Waals surface area contributed by atoms with E-state index in [4.69, 9.17) is 0 Å². The van der Waals surface area contributed by atoms with Gasteiger partial charge in [0.25, 0.3) is 0 Å². The molecule has 0 aromatic rings. The smallest absolute Gasteiger partial charge is 0.0231 e. The molecular weight excluding hydrogens is 120 g/mol. The molecule has 1 fully saturated rings. The molecule has 0 aromatic heterocycles. The summed E-state index contributed by atoms with van der Waals surface area (Å²) in [6.07, 6.45) is 10.3. The summed E-state index contributed by atoms with van der Waals surface area (Å²) in [5.74, 6) is 1.86. The van der Waals surface area contributed by atoms with Crippen molar-refractivity contribution in [1.82, 2.24) is 0 Å². The van der Waals surface area contributed by atoms with Crippen molar-refractivity contribution in [2.24, 2.45) is 11.8 Å². The molecule has 0 radical (unpaired) electrons. The lowest BCUT2D eigenvalue weighted by atomic mass is 9.82. The molecule has 2 unspecified atom stereocenters. The zero-order chi connectivity index (χ0) is 7.40. The van der Waals surface area contributed by atoms with E-state index in [1.54, 1.807) is 0 Å². The van der Waals surface area contributed by atoms with Gasteiger partial charge in [0.15, 0.2) is 0 Å². The first-order valence-corrected chi connectivity index (χ1v) is 4.45. The molecule has 0 spiro atoms. The Bertz CT molecular complexity index is 113. The van der Waals surface area contributed by atoms with Gasteiger partial charge < -0.3 is 0 Å². The Labute approximate surface area is 64.3 Å². The van der Waals surface area contributed by atoms with E-state index < -0.39 is 0 Å². The van der Waals surface area contributed by atoms with Crippen LogP contribution in [0.15, 0.2) is 12.2 Å². The molecule has 0 nitrogen and oxygen atoms in total. The highest BCUT2D eigenvalue weighted by atomic mass is 14.2. The summed E-state index contributed by atoms with van der Waals surface area (Å²) in [5.41, 5.74) is 0. The maximum absolute atomic E-state index is 2.37. The van der Waals surface area contributed by atoms with Gasteiger partial charge in [0.2, 0.25) is 0 Å². The Balaban J connectivity index is 2.32. The average molecular weight is 138 g/mol. The Morgan fingerprint density at radius 1 is 1.30 bits per heavy atom. The second kappa shape index (κ2) is 3.80. The predicted molar refractivity (Wildman–Crippen MR) is 45.9 cm³/mol. The predicted octanol–water partition coefficient (Wildman–Crippen LogP) is 3.39. The van der Waals surface area contributed by atoms with Crippen LogP contribution in [0.1, 0.15) is 39.5 Å². The topological polar surface area (TPSA) is 0 Å². The first-order valence-electron chi connectivity index (χ1n) is 4.45. The van der Waals surface area contributed by atoms with Crippen LogP contribution < -0.4 is 0 Å². The lowest BCUT2D eigenvalue weighted by molar-refractivity contribution is 0.325. The van der Waals surface area contributed by atoms with Crippen LogP contribution in [0.2, 0.25) is 0 Å². The van der Waals surface area contributed by atoms with Gasteiger partial charge in [-0.3, -0.25) is 0 Å². The Kier molecular flexibility index (Phi) is 2.98. The van der Waals surface area contributed by atoms with Crippen LogP contribution in [-0.2, 0) is 0 Å². The van der Waals surface area contributed by atoms with Crippen LogP contribution in [0, 0.1) is 11.8 Å². The number of hydrogen-bond donors (Lipinski definition) is 0. The van der Waals surface area contributed by atoms with Crippen LogP contribution in [-0.4, -0.2) is 0 Å². The highest BCUT2D eigenvalue weighted by Gasteiger charge is 2.15. The number of rotatable bonds is 1. The fourth-order valence-electron chi connectivity index (χ4n) is 1.93. The third kappa shape index (κ3) is 2.17. The summed E-state index contributed by atoms with van der Waals surface area (Å²) in [4.78, 5) is 0. The summed E-state index contributed by atoms with van der Waals surface area (Å²) in [7, 11) is 0. The molecule has 0 aromatic carbocycles. The highest BCUT2D eigenvalue weighted by molar-refractivity contribution is 4.88. The van der Waals surface area contributed by atoms with E-state index in [0.717, 1.165) is 11.8 Å². The Morgan fingerprint density at radius 2 is 2.10 bits per heavy atom. The van der Waals surface area contributed by atoms with Gasteiger partial charge in [0.05, 0.1) is 0 Å². The maximum Gasteiger partial charge on any atom is -0.0231 e. The van der Waals surface area contributed by atoms with Crippen LogP contribution in [0.4, 0.5) is 0 Å². The molecule has 2 atom stereocenters. The molecule has 10 heavy (non-hydrogen) atoms. The third-order valence-corrected chi connectivity index (χ3v) is 2.44. The monoisotopic (exact) mass is 138 g/mol. The van der Waals surface area contributed by atoms with E-state index in [1.165, 1.54) is 25.7 Å². The van der Waals surface area contributed by atoms with E-state index in [2.05, 4.69) is 26.0 Å². The van der Waals surface area contributed by atoms with Crippen molar-refractivity contribution in [3.05, 3.63) is 12.2 Å². The van der Waals surface area contributed by atoms with Crippen LogP contribution >= 0.6 is 0 Å². The van der Waals surface area contributed by atoms with Crippen molar-refractivity contribution in [2.45, 2.75) is 39.5 Å². The van der Waals surface area contributed by atoms with Crippen LogP contribution in [0.3, 0.4) is 0 Å². The van der Waals surface area contributed by atoms with E-state index in [9.17, 15) is 0 Å². The fraction of sp³-hybridized carbons (Fsp3) is 0.800. The zero-order valence-electron chi connectivity index (χ0n) is 7.14. The maximum atomic E-state index is 2.37. The largest absolute Gasteiger partial charge is 0.0914 e. The zero-order valence-corrected chi connectivity index (χ0v) is 7.14. The van der Waals surface area contributed by atoms with Gasteiger partial charge in [-0.1, -0.05) is 31.9 Å². The standard InChI is InChI=1S/C10H18/c1-3-5-10-7-4-6-9(2)8-10/h3,5,9-10H,4,6-8H2,1-2H3/b5-3-. The number of allylic oxidation sites excluding steroid dienone is 2. The molecule has 1 saturated carbocycles. The molecular formula is C10H18. The lowest BCUT2D eigenvalue weighted by Crippen LogP contribution is -2.10. The minimum absolute atomic E-state index is 0.897. The first kappa shape index (κ1) is 7.84.